The van der Waals surface area contributed by atoms with Crippen molar-refractivity contribution in [3.8, 4) is 0 Å². The highest BCUT2D eigenvalue weighted by atomic mass is 32.1. The normalized spacial score (nSPS) is 11.4. The summed E-state index contributed by atoms with van der Waals surface area (Å²) in [5, 5.41) is 4.69. The number of nitrogens with one attached hydrogen (secondary N) is 1. The zero-order chi connectivity index (χ0) is 14.8. The number of thiazole rings is 1. The fourth-order valence-corrected chi connectivity index (χ4v) is 3.13. The number of aromatic nitrogens is 1. The first-order valence-corrected chi connectivity index (χ1v) is 8.46. The Bertz CT molecular complexity index is 364. The molecule has 0 unspecified atom stereocenters. The molecule has 5 heteroatoms. The van der Waals surface area contributed by atoms with Gasteiger partial charge in [-0.3, -0.25) is 0 Å². The molecule has 0 radical (unpaired) electrons. The van der Waals surface area contributed by atoms with Crippen LogP contribution in [0.3, 0.4) is 0 Å². The zero-order valence-electron chi connectivity index (χ0n) is 13.4. The lowest BCUT2D eigenvalue weighted by Gasteiger charge is -2.16. The van der Waals surface area contributed by atoms with Crippen LogP contribution in [0, 0.1) is 0 Å². The molecule has 1 N–H and O–H groups in total. The molecule has 0 aromatic carbocycles. The summed E-state index contributed by atoms with van der Waals surface area (Å²) >= 11 is 1.83. The predicted octanol–water partition coefficient (Wildman–Crippen LogP) is 2.67. The Kier molecular flexibility index (Phi) is 9.02. The molecule has 0 spiro atoms. The molecular formula is C15H29N3OS. The van der Waals surface area contributed by atoms with Gasteiger partial charge in [-0.1, -0.05) is 20.8 Å². The average molecular weight is 299 g/mol. The number of ether oxygens (including phenoxy) is 1. The molecule has 0 saturated heterocycles. The summed E-state index contributed by atoms with van der Waals surface area (Å²) < 4.78 is 5.26. The second-order valence-electron chi connectivity index (χ2n) is 4.86. The Hall–Kier alpha value is -0.490. The lowest BCUT2D eigenvalue weighted by atomic mass is 10.3. The van der Waals surface area contributed by atoms with Gasteiger partial charge in [0, 0.05) is 31.5 Å². The topological polar surface area (TPSA) is 37.4 Å². The van der Waals surface area contributed by atoms with E-state index in [0.717, 1.165) is 51.3 Å². The van der Waals surface area contributed by atoms with E-state index in [1.54, 1.807) is 7.11 Å². The first kappa shape index (κ1) is 17.6. The van der Waals surface area contributed by atoms with E-state index >= 15 is 0 Å². The van der Waals surface area contributed by atoms with Crippen LogP contribution in [0.2, 0.25) is 0 Å². The molecule has 20 heavy (non-hydrogen) atoms. The summed E-state index contributed by atoms with van der Waals surface area (Å²) in [6, 6.07) is 0. The SMILES string of the molecule is CCCNCc1sc(CCN(CC)CC)nc1COC. The van der Waals surface area contributed by atoms with Gasteiger partial charge in [-0.2, -0.15) is 0 Å². The maximum Gasteiger partial charge on any atom is 0.0945 e. The molecule has 1 rings (SSSR count). The average Bonchev–Trinajstić information content (AvgIpc) is 2.83. The Morgan fingerprint density at radius 3 is 2.60 bits per heavy atom. The van der Waals surface area contributed by atoms with Crippen molar-refractivity contribution in [2.24, 2.45) is 0 Å². The third-order valence-electron chi connectivity index (χ3n) is 3.35. The van der Waals surface area contributed by atoms with Crippen LogP contribution < -0.4 is 5.32 Å². The van der Waals surface area contributed by atoms with Gasteiger partial charge in [0.2, 0.25) is 0 Å². The molecule has 1 aromatic heterocycles. The Morgan fingerprint density at radius 2 is 2.00 bits per heavy atom. The molecule has 0 fully saturated rings. The molecule has 4 nitrogen and oxygen atoms in total. The van der Waals surface area contributed by atoms with E-state index in [-0.39, 0.29) is 0 Å². The van der Waals surface area contributed by atoms with Crippen molar-refractivity contribution in [1.82, 2.24) is 15.2 Å². The highest BCUT2D eigenvalue weighted by Gasteiger charge is 2.11. The molecule has 0 aliphatic rings. The van der Waals surface area contributed by atoms with Crippen LogP contribution >= 0.6 is 11.3 Å². The van der Waals surface area contributed by atoms with Crippen molar-refractivity contribution in [3.05, 3.63) is 15.6 Å². The molecule has 0 bridgehead atoms. The highest BCUT2D eigenvalue weighted by Crippen LogP contribution is 2.20. The molecule has 1 aromatic rings. The van der Waals surface area contributed by atoms with Crippen molar-refractivity contribution >= 4 is 11.3 Å². The summed E-state index contributed by atoms with van der Waals surface area (Å²) in [6.45, 7) is 12.5. The molecular weight excluding hydrogens is 270 g/mol. The summed E-state index contributed by atoms with van der Waals surface area (Å²) in [5.41, 5.74) is 1.11. The number of hydrogen-bond donors (Lipinski definition) is 1. The van der Waals surface area contributed by atoms with Crippen LogP contribution in [-0.2, 0) is 24.3 Å². The van der Waals surface area contributed by atoms with Crippen molar-refractivity contribution < 1.29 is 4.74 Å². The molecule has 1 heterocycles. The quantitative estimate of drug-likeness (QED) is 0.638. The molecule has 0 saturated carbocycles. The predicted molar refractivity (Wildman–Crippen MR) is 86.3 cm³/mol. The maximum absolute atomic E-state index is 5.26. The monoisotopic (exact) mass is 299 g/mol. The van der Waals surface area contributed by atoms with E-state index in [9.17, 15) is 0 Å². The van der Waals surface area contributed by atoms with Crippen LogP contribution in [0.15, 0.2) is 0 Å². The first-order chi connectivity index (χ1) is 9.74. The van der Waals surface area contributed by atoms with Crippen LogP contribution in [0.5, 0.6) is 0 Å². The second-order valence-corrected chi connectivity index (χ2v) is 6.03. The van der Waals surface area contributed by atoms with Crippen molar-refractivity contribution in [2.45, 2.75) is 46.8 Å². The minimum absolute atomic E-state index is 0.616. The molecule has 0 atom stereocenters. The Balaban J connectivity index is 2.60. The van der Waals surface area contributed by atoms with E-state index in [4.69, 9.17) is 9.72 Å². The van der Waals surface area contributed by atoms with Gasteiger partial charge in [-0.15, -0.1) is 11.3 Å². The van der Waals surface area contributed by atoms with Crippen molar-refractivity contribution in [1.29, 1.82) is 0 Å². The first-order valence-electron chi connectivity index (χ1n) is 7.64. The second kappa shape index (κ2) is 10.3. The van der Waals surface area contributed by atoms with Crippen molar-refractivity contribution in [3.63, 3.8) is 0 Å². The van der Waals surface area contributed by atoms with Crippen LogP contribution in [0.4, 0.5) is 0 Å². The van der Waals surface area contributed by atoms with Gasteiger partial charge in [-0.05, 0) is 26.1 Å². The van der Waals surface area contributed by atoms with Crippen LogP contribution in [0.1, 0.15) is 42.8 Å². The van der Waals surface area contributed by atoms with Gasteiger partial charge in [0.05, 0.1) is 17.3 Å². The Morgan fingerprint density at radius 1 is 1.25 bits per heavy atom. The third-order valence-corrected chi connectivity index (χ3v) is 4.51. The minimum Gasteiger partial charge on any atom is -0.378 e. The van der Waals surface area contributed by atoms with Gasteiger partial charge >= 0.3 is 0 Å². The third kappa shape index (κ3) is 5.87. The Labute approximate surface area is 127 Å². The van der Waals surface area contributed by atoms with Gasteiger partial charge in [-0.25, -0.2) is 4.98 Å². The van der Waals surface area contributed by atoms with Crippen LogP contribution in [-0.4, -0.2) is 43.2 Å². The smallest absolute Gasteiger partial charge is 0.0945 e. The van der Waals surface area contributed by atoms with Gasteiger partial charge in [0.15, 0.2) is 0 Å². The molecule has 116 valence electrons. The molecule has 0 aliphatic carbocycles. The number of likely N-dealkylation sites (N-methyl/N-ethyl adjacent to an activating group) is 1. The van der Waals surface area contributed by atoms with Gasteiger partial charge < -0.3 is 15.0 Å². The molecule has 0 aliphatic heterocycles. The lowest BCUT2D eigenvalue weighted by Crippen LogP contribution is -2.25. The summed E-state index contributed by atoms with van der Waals surface area (Å²) in [6.07, 6.45) is 2.20. The van der Waals surface area contributed by atoms with Crippen LogP contribution in [0.25, 0.3) is 0 Å². The fourth-order valence-electron chi connectivity index (χ4n) is 2.10. The van der Waals surface area contributed by atoms with Gasteiger partial charge in [0.1, 0.15) is 0 Å². The summed E-state index contributed by atoms with van der Waals surface area (Å²) in [4.78, 5) is 8.51. The minimum atomic E-state index is 0.616. The van der Waals surface area contributed by atoms with E-state index in [2.05, 4.69) is 31.0 Å². The van der Waals surface area contributed by atoms with E-state index in [1.807, 2.05) is 11.3 Å². The largest absolute Gasteiger partial charge is 0.378 e. The number of nitrogens with zero attached hydrogens (tertiary/aromatic N) is 2. The van der Waals surface area contributed by atoms with Crippen molar-refractivity contribution in [2.75, 3.05) is 33.3 Å². The fraction of sp³-hybridized carbons (Fsp3) is 0.800. The number of hydrogen-bond acceptors (Lipinski definition) is 5. The summed E-state index contributed by atoms with van der Waals surface area (Å²) in [5.74, 6) is 0. The summed E-state index contributed by atoms with van der Waals surface area (Å²) in [7, 11) is 1.73. The zero-order valence-corrected chi connectivity index (χ0v) is 14.2. The lowest BCUT2D eigenvalue weighted by molar-refractivity contribution is 0.181. The highest BCUT2D eigenvalue weighted by molar-refractivity contribution is 7.11. The standard InChI is InChI=1S/C15H29N3OS/c1-5-9-16-11-14-13(12-19-4)17-15(20-14)8-10-18(6-2)7-3/h16H,5-12H2,1-4H3. The van der Waals surface area contributed by atoms with E-state index < -0.39 is 0 Å². The van der Waals surface area contributed by atoms with Gasteiger partial charge in [0.25, 0.3) is 0 Å². The van der Waals surface area contributed by atoms with E-state index in [0.29, 0.717) is 6.61 Å². The number of rotatable bonds is 11. The maximum atomic E-state index is 5.26. The number of methoxy groups -OCH3 is 1. The van der Waals surface area contributed by atoms with E-state index in [1.165, 1.54) is 9.88 Å². The molecule has 0 amide bonds.